The fourth-order valence-corrected chi connectivity index (χ4v) is 4.13. The Labute approximate surface area is 196 Å². The first kappa shape index (κ1) is 22.2. The van der Waals surface area contributed by atoms with E-state index in [1.807, 2.05) is 78.3 Å². The van der Waals surface area contributed by atoms with Crippen LogP contribution in [0.2, 0.25) is 0 Å². The van der Waals surface area contributed by atoms with Gasteiger partial charge in [0.25, 0.3) is 5.91 Å². The number of methoxy groups -OCH3 is 1. The van der Waals surface area contributed by atoms with E-state index >= 15 is 0 Å². The van der Waals surface area contributed by atoms with Gasteiger partial charge in [-0.1, -0.05) is 24.3 Å². The molecule has 0 aliphatic rings. The van der Waals surface area contributed by atoms with Gasteiger partial charge in [0.2, 0.25) is 0 Å². The maximum atomic E-state index is 12.6. The number of hydrogen-bond donors (Lipinski definition) is 1. The summed E-state index contributed by atoms with van der Waals surface area (Å²) in [6.45, 7) is 1.49. The molecule has 33 heavy (non-hydrogen) atoms. The van der Waals surface area contributed by atoms with Gasteiger partial charge in [-0.3, -0.25) is 4.79 Å². The second-order valence-corrected chi connectivity index (χ2v) is 8.28. The minimum Gasteiger partial charge on any atom is -0.497 e. The van der Waals surface area contributed by atoms with Gasteiger partial charge in [0.15, 0.2) is 0 Å². The lowest BCUT2D eigenvalue weighted by atomic mass is 10.1. The summed E-state index contributed by atoms with van der Waals surface area (Å²) in [5.41, 5.74) is 1.90. The zero-order valence-electron chi connectivity index (χ0n) is 18.2. The van der Waals surface area contributed by atoms with Crippen LogP contribution >= 0.6 is 11.3 Å². The van der Waals surface area contributed by atoms with Crippen LogP contribution < -0.4 is 14.8 Å². The molecule has 0 saturated carbocycles. The predicted octanol–water partition coefficient (Wildman–Crippen LogP) is 5.01. The fourth-order valence-electron chi connectivity index (χ4n) is 3.49. The molecule has 0 radical (unpaired) electrons. The number of rotatable bonds is 9. The average Bonchev–Trinajstić information content (AvgIpc) is 3.50. The third kappa shape index (κ3) is 5.43. The van der Waals surface area contributed by atoms with Crippen molar-refractivity contribution < 1.29 is 14.3 Å². The predicted molar refractivity (Wildman–Crippen MR) is 130 cm³/mol. The van der Waals surface area contributed by atoms with E-state index in [9.17, 15) is 10.1 Å². The molecule has 0 saturated heterocycles. The first-order valence-electron chi connectivity index (χ1n) is 10.4. The van der Waals surface area contributed by atoms with Crippen LogP contribution in [-0.2, 0) is 17.9 Å². The topological polar surface area (TPSA) is 76.3 Å². The Kier molecular flexibility index (Phi) is 7.08. The van der Waals surface area contributed by atoms with Crippen LogP contribution in [0.15, 0.2) is 77.8 Å². The molecule has 0 unspecified atom stereocenters. The summed E-state index contributed by atoms with van der Waals surface area (Å²) in [6.07, 6.45) is 3.60. The van der Waals surface area contributed by atoms with Gasteiger partial charge in [-0.25, -0.2) is 0 Å². The van der Waals surface area contributed by atoms with Crippen molar-refractivity contribution in [2.24, 2.45) is 0 Å². The minimum atomic E-state index is -0.384. The smallest absolute Gasteiger partial charge is 0.262 e. The highest BCUT2D eigenvalue weighted by molar-refractivity contribution is 7.09. The number of fused-ring (bicyclic) bond motifs is 1. The molecule has 4 rings (SSSR count). The molecule has 2 aromatic carbocycles. The van der Waals surface area contributed by atoms with Crippen molar-refractivity contribution in [3.05, 3.63) is 88.3 Å². The number of nitriles is 1. The lowest BCUT2D eigenvalue weighted by molar-refractivity contribution is -0.117. The fraction of sp³-hybridized carbons (Fsp3) is 0.154. The number of carbonyl (C=O) groups excluding carboxylic acids is 1. The van der Waals surface area contributed by atoms with Gasteiger partial charge in [-0.2, -0.15) is 5.26 Å². The summed E-state index contributed by atoms with van der Waals surface area (Å²) in [7, 11) is 1.63. The Morgan fingerprint density at radius 2 is 1.91 bits per heavy atom. The molecular weight excluding hydrogens is 434 g/mol. The number of amides is 1. The first-order valence-corrected chi connectivity index (χ1v) is 11.3. The summed E-state index contributed by atoms with van der Waals surface area (Å²) >= 11 is 1.56. The van der Waals surface area contributed by atoms with E-state index in [4.69, 9.17) is 9.47 Å². The van der Waals surface area contributed by atoms with E-state index < -0.39 is 0 Å². The van der Waals surface area contributed by atoms with Crippen molar-refractivity contribution in [3.8, 4) is 17.6 Å². The molecule has 6 nitrogen and oxygen atoms in total. The van der Waals surface area contributed by atoms with Gasteiger partial charge in [0.05, 0.1) is 20.2 Å². The van der Waals surface area contributed by atoms with Crippen LogP contribution in [0.3, 0.4) is 0 Å². The average molecular weight is 458 g/mol. The van der Waals surface area contributed by atoms with Crippen molar-refractivity contribution in [2.75, 3.05) is 13.7 Å². The number of benzene rings is 2. The van der Waals surface area contributed by atoms with Crippen molar-refractivity contribution >= 4 is 34.2 Å². The second kappa shape index (κ2) is 10.5. The summed E-state index contributed by atoms with van der Waals surface area (Å²) in [5.74, 6) is 1.16. The number of carbonyl (C=O) groups is 1. The molecule has 0 aliphatic heterocycles. The summed E-state index contributed by atoms with van der Waals surface area (Å²) in [5, 5.41) is 15.3. The van der Waals surface area contributed by atoms with Gasteiger partial charge in [-0.15, -0.1) is 11.3 Å². The molecule has 7 heteroatoms. The zero-order chi connectivity index (χ0) is 23.0. The van der Waals surface area contributed by atoms with E-state index in [1.54, 1.807) is 24.5 Å². The summed E-state index contributed by atoms with van der Waals surface area (Å²) in [4.78, 5) is 13.6. The number of para-hydroxylation sites is 1. The number of aromatic nitrogens is 1. The zero-order valence-corrected chi connectivity index (χ0v) is 19.0. The molecule has 2 aromatic heterocycles. The van der Waals surface area contributed by atoms with Gasteiger partial charge in [0.1, 0.15) is 29.7 Å². The van der Waals surface area contributed by atoms with Crippen LogP contribution in [0.1, 0.15) is 10.4 Å². The quantitative estimate of drug-likeness (QED) is 0.283. The number of nitrogens with zero attached hydrogens (tertiary/aromatic N) is 2. The van der Waals surface area contributed by atoms with Crippen molar-refractivity contribution in [1.82, 2.24) is 9.88 Å². The third-order valence-corrected chi connectivity index (χ3v) is 6.02. The van der Waals surface area contributed by atoms with Crippen LogP contribution in [0.5, 0.6) is 11.5 Å². The molecular formula is C26H23N3O3S. The first-order chi connectivity index (χ1) is 16.2. The van der Waals surface area contributed by atoms with E-state index in [2.05, 4.69) is 9.88 Å². The second-order valence-electron chi connectivity index (χ2n) is 7.25. The Hall–Kier alpha value is -4.02. The maximum absolute atomic E-state index is 12.6. The minimum absolute atomic E-state index is 0.0731. The van der Waals surface area contributed by atoms with Crippen LogP contribution in [0.25, 0.3) is 17.0 Å². The molecule has 1 N–H and O–H groups in total. The Bertz CT molecular complexity index is 1300. The molecule has 166 valence electrons. The Morgan fingerprint density at radius 1 is 1.12 bits per heavy atom. The number of nitrogens with one attached hydrogen (secondary N) is 1. The number of hydrogen-bond acceptors (Lipinski definition) is 5. The molecule has 0 atom stereocenters. The lowest BCUT2D eigenvalue weighted by Gasteiger charge is -2.09. The Balaban J connectivity index is 1.49. The van der Waals surface area contributed by atoms with Gasteiger partial charge in [0, 0.05) is 27.5 Å². The maximum Gasteiger partial charge on any atom is 0.262 e. The number of ether oxygens (including phenoxy) is 2. The Morgan fingerprint density at radius 3 is 2.64 bits per heavy atom. The van der Waals surface area contributed by atoms with Crippen LogP contribution in [0.4, 0.5) is 0 Å². The van der Waals surface area contributed by atoms with Gasteiger partial charge in [-0.05, 0) is 47.9 Å². The van der Waals surface area contributed by atoms with Crippen LogP contribution in [0, 0.1) is 11.3 Å². The summed E-state index contributed by atoms with van der Waals surface area (Å²) < 4.78 is 13.1. The normalized spacial score (nSPS) is 11.2. The highest BCUT2D eigenvalue weighted by Crippen LogP contribution is 2.24. The highest BCUT2D eigenvalue weighted by Gasteiger charge is 2.12. The molecule has 0 bridgehead atoms. The van der Waals surface area contributed by atoms with E-state index in [1.165, 1.54) is 0 Å². The van der Waals surface area contributed by atoms with Crippen molar-refractivity contribution in [2.45, 2.75) is 13.1 Å². The van der Waals surface area contributed by atoms with E-state index in [0.717, 1.165) is 32.8 Å². The largest absolute Gasteiger partial charge is 0.497 e. The van der Waals surface area contributed by atoms with E-state index in [-0.39, 0.29) is 11.5 Å². The molecule has 0 aliphatic carbocycles. The number of thiophene rings is 1. The van der Waals surface area contributed by atoms with Crippen molar-refractivity contribution in [3.63, 3.8) is 0 Å². The molecule has 4 aromatic rings. The standard InChI is InChI=1S/C26H23N3O3S/c1-31-21-8-10-22(11-9-21)32-13-12-29-18-20(24-6-2-3-7-25(24)29)15-19(16-27)26(30)28-17-23-5-4-14-33-23/h2-11,14-15,18H,12-13,17H2,1H3,(H,28,30)/b19-15+. The molecule has 0 spiro atoms. The molecule has 1 amide bonds. The summed E-state index contributed by atoms with van der Waals surface area (Å²) in [6, 6.07) is 21.3. The van der Waals surface area contributed by atoms with Crippen LogP contribution in [-0.4, -0.2) is 24.2 Å². The molecule has 0 fully saturated rings. The molecule has 2 heterocycles. The SMILES string of the molecule is COc1ccc(OCCn2cc(/C=C(\C#N)C(=O)NCc3cccs3)c3ccccc32)cc1. The van der Waals surface area contributed by atoms with Crippen molar-refractivity contribution in [1.29, 1.82) is 5.26 Å². The lowest BCUT2D eigenvalue weighted by Crippen LogP contribution is -2.23. The highest BCUT2D eigenvalue weighted by atomic mass is 32.1. The van der Waals surface area contributed by atoms with Gasteiger partial charge >= 0.3 is 0 Å². The van der Waals surface area contributed by atoms with E-state index in [0.29, 0.717) is 19.7 Å². The monoisotopic (exact) mass is 457 g/mol. The van der Waals surface area contributed by atoms with Gasteiger partial charge < -0.3 is 19.4 Å². The third-order valence-electron chi connectivity index (χ3n) is 5.15.